The maximum atomic E-state index is 3.34. The summed E-state index contributed by atoms with van der Waals surface area (Å²) in [7, 11) is 0. The fraction of sp³-hybridized carbons (Fsp3) is 0.267. The van der Waals surface area contributed by atoms with Crippen LogP contribution in [0.15, 0.2) is 54.6 Å². The van der Waals surface area contributed by atoms with Gasteiger partial charge >= 0.3 is 28.4 Å². The van der Waals surface area contributed by atoms with Crippen LogP contribution in [0, 0.1) is 0 Å². The predicted molar refractivity (Wildman–Crippen MR) is 69.9 cm³/mol. The summed E-state index contributed by atoms with van der Waals surface area (Å²) in [6, 6.07) is 18.5. The van der Waals surface area contributed by atoms with Crippen molar-refractivity contribution in [3.8, 4) is 0 Å². The minimum Gasteiger partial charge on any atom is -1.00 e. The topological polar surface area (TPSA) is 0 Å². The van der Waals surface area contributed by atoms with Gasteiger partial charge in [0.25, 0.3) is 0 Å². The second-order valence-electron chi connectivity index (χ2n) is 4.39. The average molecular weight is 362 g/mol. The summed E-state index contributed by atoms with van der Waals surface area (Å²) in [5, 5.41) is 0. The van der Waals surface area contributed by atoms with Crippen LogP contribution in [0.5, 0.6) is 0 Å². The van der Waals surface area contributed by atoms with E-state index in [-0.39, 0.29) is 24.8 Å². The normalized spacial score (nSPS) is 8.50. The quantitative estimate of drug-likeness (QED) is 0.480. The summed E-state index contributed by atoms with van der Waals surface area (Å²) in [6.45, 7) is 6.67. The zero-order chi connectivity index (χ0) is 12.4. The second-order valence-corrected chi connectivity index (χ2v) is 4.39. The maximum Gasteiger partial charge on any atom is -0.172 e. The Hall–Kier alpha value is 0.0331. The van der Waals surface area contributed by atoms with Gasteiger partial charge in [0, 0.05) is 0 Å². The maximum absolute atomic E-state index is 3.34. The predicted octanol–water partition coefficient (Wildman–Crippen LogP) is -1.92. The molecule has 0 N–H and O–H groups in total. The van der Waals surface area contributed by atoms with Crippen molar-refractivity contribution in [2.75, 3.05) is 0 Å². The molecule has 0 nitrogen and oxygen atoms in total. The Morgan fingerprint density at radius 2 is 1.44 bits per heavy atom. The van der Waals surface area contributed by atoms with Crippen LogP contribution >= 0.6 is 0 Å². The molecule has 0 aromatic heterocycles. The molecule has 100 valence electrons. The van der Waals surface area contributed by atoms with Gasteiger partial charge in [0.15, 0.2) is 0 Å². The van der Waals surface area contributed by atoms with Crippen LogP contribution in [-0.2, 0) is 29.7 Å². The van der Waals surface area contributed by atoms with Crippen LogP contribution in [0.4, 0.5) is 0 Å². The van der Waals surface area contributed by atoms with E-state index in [1.807, 2.05) is 30.3 Å². The molecular formula is C15H20Cl2Zr-2. The SMILES string of the molecule is CC(C)(C)c1cc[cH-]c1.[CH2]=[Zr+2].[Cl-].[Cl-].c1cc[cH-]c1. The van der Waals surface area contributed by atoms with Crippen molar-refractivity contribution in [3.63, 3.8) is 0 Å². The summed E-state index contributed by atoms with van der Waals surface area (Å²) < 4.78 is 3.34. The molecule has 0 radical (unpaired) electrons. The first kappa shape index (κ1) is 23.2. The Balaban J connectivity index is -0.000000217. The molecule has 3 heteroatoms. The Morgan fingerprint density at radius 3 is 1.61 bits per heavy atom. The van der Waals surface area contributed by atoms with Crippen molar-refractivity contribution in [1.29, 1.82) is 0 Å². The van der Waals surface area contributed by atoms with Crippen molar-refractivity contribution in [2.24, 2.45) is 0 Å². The molecular weight excluding hydrogens is 342 g/mol. The van der Waals surface area contributed by atoms with E-state index in [0.29, 0.717) is 5.41 Å². The molecule has 2 aromatic carbocycles. The molecule has 0 unspecified atom stereocenters. The molecule has 0 bridgehead atoms. The average Bonchev–Trinajstić information content (AvgIpc) is 2.96. The third-order valence-electron chi connectivity index (χ3n) is 2.08. The van der Waals surface area contributed by atoms with Gasteiger partial charge in [-0.2, -0.15) is 42.0 Å². The van der Waals surface area contributed by atoms with Gasteiger partial charge < -0.3 is 24.8 Å². The summed E-state index contributed by atoms with van der Waals surface area (Å²) in [4.78, 5) is 0. The number of halogens is 2. The van der Waals surface area contributed by atoms with Crippen LogP contribution in [0.3, 0.4) is 0 Å². The minimum absolute atomic E-state index is 0. The summed E-state index contributed by atoms with van der Waals surface area (Å²) >= 11 is 1.30. The van der Waals surface area contributed by atoms with Crippen LogP contribution in [0.25, 0.3) is 0 Å². The van der Waals surface area contributed by atoms with Gasteiger partial charge in [0.2, 0.25) is 0 Å². The van der Waals surface area contributed by atoms with Crippen molar-refractivity contribution < 1.29 is 49.0 Å². The fourth-order valence-corrected chi connectivity index (χ4v) is 1.19. The Bertz CT molecular complexity index is 314. The van der Waals surface area contributed by atoms with E-state index in [1.165, 1.54) is 29.8 Å². The molecule has 0 saturated carbocycles. The fourth-order valence-electron chi connectivity index (χ4n) is 1.19. The molecule has 0 aliphatic carbocycles. The molecule has 0 aliphatic rings. The standard InChI is InChI=1S/C9H13.C5H5.CH2.2ClH.Zr/c1-9(2,3)8-6-4-5-7-8;1-2-4-5-3-1;;;;/h4-7H,1-3H3;1-5H;1H2;2*1H;/q2*-1;;;;+2/p-2. The van der Waals surface area contributed by atoms with E-state index in [1.54, 1.807) is 0 Å². The molecule has 0 aliphatic heterocycles. The summed E-state index contributed by atoms with van der Waals surface area (Å²) in [5.74, 6) is 0. The number of hydrogen-bond acceptors (Lipinski definition) is 0. The number of hydrogen-bond donors (Lipinski definition) is 0. The Morgan fingerprint density at radius 1 is 0.944 bits per heavy atom. The van der Waals surface area contributed by atoms with Gasteiger partial charge in [-0.15, -0.1) is 0 Å². The van der Waals surface area contributed by atoms with E-state index in [9.17, 15) is 0 Å². The van der Waals surface area contributed by atoms with Crippen molar-refractivity contribution in [2.45, 2.75) is 26.2 Å². The van der Waals surface area contributed by atoms with Crippen LogP contribution in [0.1, 0.15) is 26.3 Å². The monoisotopic (exact) mass is 360 g/mol. The first-order chi connectivity index (χ1) is 7.61. The molecule has 2 aromatic rings. The summed E-state index contributed by atoms with van der Waals surface area (Å²) in [6.07, 6.45) is 0. The van der Waals surface area contributed by atoms with Crippen LogP contribution in [0.2, 0.25) is 0 Å². The molecule has 0 saturated heterocycles. The molecule has 2 rings (SSSR count). The third-order valence-corrected chi connectivity index (χ3v) is 2.08. The minimum atomic E-state index is 0. The van der Waals surface area contributed by atoms with Crippen LogP contribution < -0.4 is 24.8 Å². The van der Waals surface area contributed by atoms with Crippen LogP contribution in [-0.4, -0.2) is 4.21 Å². The third kappa shape index (κ3) is 11.1. The molecule has 0 amide bonds. The van der Waals surface area contributed by atoms with E-state index >= 15 is 0 Å². The van der Waals surface area contributed by atoms with Gasteiger partial charge in [-0.25, -0.2) is 18.2 Å². The molecule has 0 spiro atoms. The zero-order valence-electron chi connectivity index (χ0n) is 11.2. The van der Waals surface area contributed by atoms with Gasteiger partial charge in [-0.3, -0.25) is 0 Å². The molecule has 0 fully saturated rings. The summed E-state index contributed by atoms with van der Waals surface area (Å²) in [5.41, 5.74) is 1.74. The number of rotatable bonds is 0. The largest absolute Gasteiger partial charge is 1.00 e. The Kier molecular flexibility index (Phi) is 17.3. The van der Waals surface area contributed by atoms with Gasteiger partial charge in [-0.1, -0.05) is 26.2 Å². The van der Waals surface area contributed by atoms with Crippen molar-refractivity contribution in [1.82, 2.24) is 0 Å². The first-order valence-corrected chi connectivity index (χ1v) is 7.09. The van der Waals surface area contributed by atoms with E-state index in [4.69, 9.17) is 0 Å². The van der Waals surface area contributed by atoms with Gasteiger partial charge in [0.05, 0.1) is 0 Å². The van der Waals surface area contributed by atoms with E-state index < -0.39 is 0 Å². The van der Waals surface area contributed by atoms with Crippen molar-refractivity contribution >= 4 is 4.21 Å². The molecule has 0 atom stereocenters. The van der Waals surface area contributed by atoms with Gasteiger partial charge in [0.1, 0.15) is 0 Å². The molecule has 0 heterocycles. The van der Waals surface area contributed by atoms with Gasteiger partial charge in [-0.05, 0) is 0 Å². The zero-order valence-corrected chi connectivity index (χ0v) is 15.1. The van der Waals surface area contributed by atoms with E-state index in [0.717, 1.165) is 0 Å². The second kappa shape index (κ2) is 13.5. The van der Waals surface area contributed by atoms with Crippen molar-refractivity contribution in [3.05, 3.63) is 60.2 Å². The first-order valence-electron chi connectivity index (χ1n) is 5.35. The van der Waals surface area contributed by atoms with E-state index in [2.05, 4.69) is 49.2 Å². The smallest absolute Gasteiger partial charge is 0.172 e. The Labute approximate surface area is 139 Å². The molecule has 18 heavy (non-hydrogen) atoms.